The van der Waals surface area contributed by atoms with Gasteiger partial charge in [0.1, 0.15) is 6.04 Å². The molecule has 2 aromatic rings. The molecule has 0 N–H and O–H groups in total. The van der Waals surface area contributed by atoms with Gasteiger partial charge in [0.25, 0.3) is 5.91 Å². The predicted molar refractivity (Wildman–Crippen MR) is 134 cm³/mol. The summed E-state index contributed by atoms with van der Waals surface area (Å²) in [4.78, 5) is 43.3. The number of carbonyl (C=O) groups excluding carboxylic acids is 3. The number of halogens is 1. The predicted octanol–water partition coefficient (Wildman–Crippen LogP) is 5.81. The van der Waals surface area contributed by atoms with Crippen LogP contribution in [0.2, 0.25) is 5.02 Å². The van der Waals surface area contributed by atoms with E-state index >= 15 is 0 Å². The third-order valence-electron chi connectivity index (χ3n) is 8.17. The van der Waals surface area contributed by atoms with E-state index in [1.807, 2.05) is 30.3 Å². The molecule has 6 heteroatoms. The molecule has 5 nitrogen and oxygen atoms in total. The zero-order chi connectivity index (χ0) is 25.0. The molecule has 1 saturated heterocycles. The van der Waals surface area contributed by atoms with Crippen molar-refractivity contribution in [3.8, 4) is 0 Å². The van der Waals surface area contributed by atoms with Crippen molar-refractivity contribution in [2.45, 2.75) is 66.5 Å². The first kappa shape index (κ1) is 24.5. The maximum atomic E-state index is 13.9. The minimum absolute atomic E-state index is 0.0332. The fraction of sp³-hybridized carbons (Fsp3) is 0.464. The van der Waals surface area contributed by atoms with E-state index < -0.39 is 6.04 Å². The van der Waals surface area contributed by atoms with Crippen molar-refractivity contribution in [3.05, 3.63) is 64.7 Å². The van der Waals surface area contributed by atoms with Gasteiger partial charge in [-0.2, -0.15) is 0 Å². The van der Waals surface area contributed by atoms with E-state index in [0.717, 1.165) is 11.1 Å². The van der Waals surface area contributed by atoms with Crippen molar-refractivity contribution in [1.82, 2.24) is 4.90 Å². The molecular formula is C28H33ClN2O3. The first-order chi connectivity index (χ1) is 15.9. The molecule has 34 heavy (non-hydrogen) atoms. The van der Waals surface area contributed by atoms with E-state index in [4.69, 9.17) is 11.6 Å². The first-order valence-corrected chi connectivity index (χ1v) is 12.3. The highest BCUT2D eigenvalue weighted by Gasteiger charge is 2.69. The number of nitrogens with zero attached hydrogens (tertiary/aromatic N) is 2. The Labute approximate surface area is 207 Å². The fourth-order valence-corrected chi connectivity index (χ4v) is 5.47. The van der Waals surface area contributed by atoms with Gasteiger partial charge in [0.2, 0.25) is 11.8 Å². The van der Waals surface area contributed by atoms with Gasteiger partial charge in [0.05, 0.1) is 12.1 Å². The monoisotopic (exact) mass is 480 g/mol. The van der Waals surface area contributed by atoms with Gasteiger partial charge in [-0.1, -0.05) is 83.5 Å². The SMILES string of the molecule is CC(C)c1ccc(N2C(=O)CC(N(Cc3ccccc3Cl)C(=O)C3C(C)(C)C3(C)C)C2=O)cc1. The van der Waals surface area contributed by atoms with Crippen LogP contribution in [-0.4, -0.2) is 28.7 Å². The van der Waals surface area contributed by atoms with Crippen LogP contribution in [-0.2, 0) is 20.9 Å². The third kappa shape index (κ3) is 3.94. The van der Waals surface area contributed by atoms with Gasteiger partial charge in [0, 0.05) is 17.5 Å². The summed E-state index contributed by atoms with van der Waals surface area (Å²) in [6.45, 7) is 12.7. The summed E-state index contributed by atoms with van der Waals surface area (Å²) in [6, 6.07) is 14.0. The normalized spacial score (nSPS) is 21.3. The van der Waals surface area contributed by atoms with Crippen molar-refractivity contribution in [1.29, 1.82) is 0 Å². The molecule has 1 aliphatic carbocycles. The molecule has 1 atom stereocenters. The van der Waals surface area contributed by atoms with Crippen molar-refractivity contribution < 1.29 is 14.4 Å². The lowest BCUT2D eigenvalue weighted by Gasteiger charge is -2.29. The van der Waals surface area contributed by atoms with Crippen LogP contribution in [0.25, 0.3) is 0 Å². The zero-order valence-corrected chi connectivity index (χ0v) is 21.5. The average molecular weight is 481 g/mol. The van der Waals surface area contributed by atoms with Gasteiger partial charge >= 0.3 is 0 Å². The number of anilines is 1. The summed E-state index contributed by atoms with van der Waals surface area (Å²) in [5.41, 5.74) is 2.04. The number of hydrogen-bond acceptors (Lipinski definition) is 3. The number of benzene rings is 2. The molecule has 3 amide bonds. The van der Waals surface area contributed by atoms with E-state index in [1.165, 1.54) is 4.90 Å². The van der Waals surface area contributed by atoms with Crippen molar-refractivity contribution in [2.24, 2.45) is 16.7 Å². The first-order valence-electron chi connectivity index (χ1n) is 11.9. The van der Waals surface area contributed by atoms with Gasteiger partial charge in [-0.05, 0) is 46.1 Å². The van der Waals surface area contributed by atoms with Gasteiger partial charge < -0.3 is 4.90 Å². The summed E-state index contributed by atoms with van der Waals surface area (Å²) in [5, 5.41) is 0.535. The van der Waals surface area contributed by atoms with Crippen molar-refractivity contribution >= 4 is 35.0 Å². The van der Waals surface area contributed by atoms with Gasteiger partial charge in [-0.15, -0.1) is 0 Å². The average Bonchev–Trinajstić information content (AvgIpc) is 3.01. The number of imide groups is 1. The Bertz CT molecular complexity index is 1120. The van der Waals surface area contributed by atoms with E-state index in [0.29, 0.717) is 16.6 Å². The van der Waals surface area contributed by atoms with Crippen LogP contribution in [0.3, 0.4) is 0 Å². The van der Waals surface area contributed by atoms with Crippen LogP contribution in [0.5, 0.6) is 0 Å². The minimum atomic E-state index is -0.853. The lowest BCUT2D eigenvalue weighted by atomic mass is 10.0. The molecule has 1 unspecified atom stereocenters. The molecule has 180 valence electrons. The fourth-order valence-electron chi connectivity index (χ4n) is 5.27. The van der Waals surface area contributed by atoms with E-state index in [-0.39, 0.29) is 47.4 Å². The number of carbonyl (C=O) groups is 3. The lowest BCUT2D eigenvalue weighted by Crippen LogP contribution is -2.46. The van der Waals surface area contributed by atoms with Crippen LogP contribution in [0.1, 0.15) is 65.0 Å². The Hall–Kier alpha value is -2.66. The van der Waals surface area contributed by atoms with Gasteiger partial charge in [-0.25, -0.2) is 4.90 Å². The summed E-state index contributed by atoms with van der Waals surface area (Å²) >= 11 is 6.42. The highest BCUT2D eigenvalue weighted by molar-refractivity contribution is 6.31. The topological polar surface area (TPSA) is 57.7 Å². The molecule has 4 rings (SSSR count). The van der Waals surface area contributed by atoms with E-state index in [2.05, 4.69) is 41.5 Å². The molecule has 2 fully saturated rings. The standard InChI is InChI=1S/C28H33ClN2O3/c1-17(2)18-11-13-20(14-12-18)31-23(32)15-22(25(31)33)30(16-19-9-7-8-10-21(19)29)26(34)24-27(3,4)28(24,5)6/h7-14,17,22,24H,15-16H2,1-6H3. The molecule has 2 aliphatic rings. The van der Waals surface area contributed by atoms with Crippen molar-refractivity contribution in [3.63, 3.8) is 0 Å². The smallest absolute Gasteiger partial charge is 0.257 e. The van der Waals surface area contributed by atoms with Gasteiger partial charge in [-0.3, -0.25) is 14.4 Å². The molecule has 0 radical (unpaired) electrons. The lowest BCUT2D eigenvalue weighted by molar-refractivity contribution is -0.141. The molecule has 0 bridgehead atoms. The van der Waals surface area contributed by atoms with Crippen LogP contribution < -0.4 is 4.90 Å². The second-order valence-corrected chi connectivity index (χ2v) is 11.4. The number of hydrogen-bond donors (Lipinski definition) is 0. The molecule has 1 aliphatic heterocycles. The minimum Gasteiger partial charge on any atom is -0.325 e. The Morgan fingerprint density at radius 1 is 1.03 bits per heavy atom. The van der Waals surface area contributed by atoms with Crippen LogP contribution in [0.15, 0.2) is 48.5 Å². The largest absolute Gasteiger partial charge is 0.325 e. The second kappa shape index (κ2) is 8.53. The quantitative estimate of drug-likeness (QED) is 0.490. The van der Waals surface area contributed by atoms with E-state index in [9.17, 15) is 14.4 Å². The van der Waals surface area contributed by atoms with E-state index in [1.54, 1.807) is 23.1 Å². The third-order valence-corrected chi connectivity index (χ3v) is 8.54. The Kier molecular flexibility index (Phi) is 6.14. The molecule has 1 saturated carbocycles. The van der Waals surface area contributed by atoms with Gasteiger partial charge in [0.15, 0.2) is 0 Å². The maximum Gasteiger partial charge on any atom is 0.257 e. The van der Waals surface area contributed by atoms with Crippen LogP contribution >= 0.6 is 11.6 Å². The van der Waals surface area contributed by atoms with Crippen LogP contribution in [0.4, 0.5) is 5.69 Å². The number of rotatable bonds is 6. The van der Waals surface area contributed by atoms with Crippen LogP contribution in [0, 0.1) is 16.7 Å². The zero-order valence-electron chi connectivity index (χ0n) is 20.8. The molecule has 0 spiro atoms. The molecule has 2 aromatic carbocycles. The second-order valence-electron chi connectivity index (χ2n) is 11.0. The highest BCUT2D eigenvalue weighted by Crippen LogP contribution is 2.69. The van der Waals surface area contributed by atoms with Crippen molar-refractivity contribution in [2.75, 3.05) is 4.90 Å². The molecule has 1 heterocycles. The Morgan fingerprint density at radius 2 is 1.62 bits per heavy atom. The molecule has 0 aromatic heterocycles. The summed E-state index contributed by atoms with van der Waals surface area (Å²) < 4.78 is 0. The molecular weight excluding hydrogens is 448 g/mol. The summed E-state index contributed by atoms with van der Waals surface area (Å²) in [5.74, 6) is -0.638. The number of amides is 3. The maximum absolute atomic E-state index is 13.9. The Balaban J connectivity index is 1.67. The summed E-state index contributed by atoms with van der Waals surface area (Å²) in [6.07, 6.45) is -0.0332. The summed E-state index contributed by atoms with van der Waals surface area (Å²) in [7, 11) is 0. The Morgan fingerprint density at radius 3 is 2.15 bits per heavy atom. The highest BCUT2D eigenvalue weighted by atomic mass is 35.5.